The zero-order valence-electron chi connectivity index (χ0n) is 14.8. The Hall–Kier alpha value is -1.44. The van der Waals surface area contributed by atoms with E-state index in [1.165, 1.54) is 0 Å². The second kappa shape index (κ2) is 8.78. The van der Waals surface area contributed by atoms with Crippen LogP contribution in [0.4, 0.5) is 13.6 Å². The number of nitrogens with zero attached hydrogens (tertiary/aromatic N) is 1. The molecule has 144 valence electrons. The number of hydrogen-bond acceptors (Lipinski definition) is 3. The summed E-state index contributed by atoms with van der Waals surface area (Å²) < 4.78 is 27.2. The number of halogens is 2. The number of carbonyl (C=O) groups is 2. The van der Waals surface area contributed by atoms with Crippen LogP contribution in [0, 0.1) is 5.92 Å². The number of carboxylic acids is 1. The van der Waals surface area contributed by atoms with Gasteiger partial charge in [0, 0.05) is 31.5 Å². The van der Waals surface area contributed by atoms with Gasteiger partial charge in [-0.25, -0.2) is 13.6 Å². The number of carboxylic acid groups (broad SMARTS) is 1. The maximum atomic E-state index is 13.6. The zero-order chi connectivity index (χ0) is 18.4. The molecule has 3 N–H and O–H groups in total. The molecule has 1 atom stereocenters. The minimum Gasteiger partial charge on any atom is -0.480 e. The third-order valence-electron chi connectivity index (χ3n) is 5.25. The molecule has 0 aliphatic heterocycles. The van der Waals surface area contributed by atoms with E-state index in [1.54, 1.807) is 0 Å². The van der Waals surface area contributed by atoms with Gasteiger partial charge in [-0.05, 0) is 38.1 Å². The summed E-state index contributed by atoms with van der Waals surface area (Å²) in [5.41, 5.74) is 0. The van der Waals surface area contributed by atoms with Crippen LogP contribution in [0.1, 0.15) is 51.9 Å². The molecular weight excluding hydrogens is 332 g/mol. The topological polar surface area (TPSA) is 81.7 Å². The fourth-order valence-electron chi connectivity index (χ4n) is 3.77. The summed E-state index contributed by atoms with van der Waals surface area (Å²) in [6, 6.07) is -0.132. The third-order valence-corrected chi connectivity index (χ3v) is 5.25. The lowest BCUT2D eigenvalue weighted by Crippen LogP contribution is -2.56. The Morgan fingerprint density at radius 1 is 1.28 bits per heavy atom. The van der Waals surface area contributed by atoms with E-state index < -0.39 is 11.9 Å². The van der Waals surface area contributed by atoms with Crippen LogP contribution in [-0.4, -0.2) is 59.6 Å². The van der Waals surface area contributed by atoms with Gasteiger partial charge in [-0.1, -0.05) is 13.3 Å². The van der Waals surface area contributed by atoms with E-state index in [0.29, 0.717) is 13.0 Å². The predicted octanol–water partition coefficient (Wildman–Crippen LogP) is 2.44. The van der Waals surface area contributed by atoms with Crippen LogP contribution < -0.4 is 10.6 Å². The number of urea groups is 1. The maximum Gasteiger partial charge on any atom is 0.317 e. The van der Waals surface area contributed by atoms with Crippen LogP contribution in [0.2, 0.25) is 0 Å². The molecule has 2 fully saturated rings. The van der Waals surface area contributed by atoms with Crippen LogP contribution in [0.5, 0.6) is 0 Å². The summed E-state index contributed by atoms with van der Waals surface area (Å²) in [5.74, 6) is -3.64. The van der Waals surface area contributed by atoms with Crippen molar-refractivity contribution in [3.63, 3.8) is 0 Å². The number of carbonyl (C=O) groups excluding carboxylic acids is 1. The first-order valence-corrected chi connectivity index (χ1v) is 9.17. The lowest BCUT2D eigenvalue weighted by molar-refractivity contribution is -0.139. The number of rotatable bonds is 7. The van der Waals surface area contributed by atoms with Crippen molar-refractivity contribution in [3.8, 4) is 0 Å². The summed E-state index contributed by atoms with van der Waals surface area (Å²) in [6.45, 7) is 2.86. The highest BCUT2D eigenvalue weighted by Gasteiger charge is 2.36. The van der Waals surface area contributed by atoms with Crippen molar-refractivity contribution in [2.45, 2.75) is 69.9 Å². The van der Waals surface area contributed by atoms with Gasteiger partial charge in [0.05, 0.1) is 6.54 Å². The number of alkyl halides is 2. The molecular formula is C17H29F2N3O3. The van der Waals surface area contributed by atoms with Crippen LogP contribution in [0.25, 0.3) is 0 Å². The lowest BCUT2D eigenvalue weighted by atomic mass is 9.85. The Morgan fingerprint density at radius 3 is 2.64 bits per heavy atom. The van der Waals surface area contributed by atoms with Gasteiger partial charge in [0.25, 0.3) is 0 Å². The van der Waals surface area contributed by atoms with Gasteiger partial charge in [0.15, 0.2) is 0 Å². The first kappa shape index (κ1) is 19.9. The number of likely N-dealkylation sites (N-methyl/N-ethyl adjacent to an activating group) is 1. The summed E-state index contributed by atoms with van der Waals surface area (Å²) in [6.07, 6.45) is 3.28. The highest BCUT2D eigenvalue weighted by atomic mass is 19.3. The van der Waals surface area contributed by atoms with Crippen LogP contribution in [0.3, 0.4) is 0 Å². The number of nitrogens with one attached hydrogen (secondary N) is 2. The van der Waals surface area contributed by atoms with Crippen molar-refractivity contribution in [1.82, 2.24) is 15.5 Å². The van der Waals surface area contributed by atoms with E-state index >= 15 is 0 Å². The number of hydrogen-bond donors (Lipinski definition) is 3. The summed E-state index contributed by atoms with van der Waals surface area (Å²) in [7, 11) is 0. The van der Waals surface area contributed by atoms with Gasteiger partial charge >= 0.3 is 12.0 Å². The molecule has 0 aromatic carbocycles. The molecule has 2 aliphatic carbocycles. The smallest absolute Gasteiger partial charge is 0.317 e. The minimum absolute atomic E-state index is 0.00990. The highest BCUT2D eigenvalue weighted by molar-refractivity contribution is 5.74. The minimum atomic E-state index is -2.62. The molecule has 2 amide bonds. The van der Waals surface area contributed by atoms with Crippen molar-refractivity contribution in [3.05, 3.63) is 0 Å². The summed E-state index contributed by atoms with van der Waals surface area (Å²) >= 11 is 0. The fourth-order valence-corrected chi connectivity index (χ4v) is 3.77. The largest absolute Gasteiger partial charge is 0.480 e. The Balaban J connectivity index is 1.65. The van der Waals surface area contributed by atoms with E-state index in [-0.39, 0.29) is 50.0 Å². The van der Waals surface area contributed by atoms with E-state index in [0.717, 1.165) is 25.7 Å². The van der Waals surface area contributed by atoms with Gasteiger partial charge < -0.3 is 15.7 Å². The van der Waals surface area contributed by atoms with Crippen molar-refractivity contribution in [2.24, 2.45) is 5.92 Å². The zero-order valence-corrected chi connectivity index (χ0v) is 14.8. The Morgan fingerprint density at radius 2 is 2.00 bits per heavy atom. The molecule has 0 aromatic heterocycles. The van der Waals surface area contributed by atoms with E-state index in [1.807, 2.05) is 11.8 Å². The molecule has 0 bridgehead atoms. The first-order valence-electron chi connectivity index (χ1n) is 9.17. The molecule has 0 heterocycles. The predicted molar refractivity (Wildman–Crippen MR) is 89.7 cm³/mol. The van der Waals surface area contributed by atoms with Crippen LogP contribution >= 0.6 is 0 Å². The van der Waals surface area contributed by atoms with E-state index in [9.17, 15) is 18.4 Å². The van der Waals surface area contributed by atoms with Gasteiger partial charge in [0.1, 0.15) is 0 Å². The molecule has 2 rings (SSSR count). The molecule has 2 saturated carbocycles. The highest BCUT2D eigenvalue weighted by Crippen LogP contribution is 2.34. The van der Waals surface area contributed by atoms with Crippen molar-refractivity contribution in [2.75, 3.05) is 19.6 Å². The average molecular weight is 361 g/mol. The molecule has 8 heteroatoms. The van der Waals surface area contributed by atoms with E-state index in [2.05, 4.69) is 10.6 Å². The molecule has 0 saturated heterocycles. The fraction of sp³-hybridized carbons (Fsp3) is 0.882. The van der Waals surface area contributed by atoms with Crippen LogP contribution in [0.15, 0.2) is 0 Å². The monoisotopic (exact) mass is 361 g/mol. The Labute approximate surface area is 147 Å². The second-order valence-corrected chi connectivity index (χ2v) is 7.31. The number of amides is 2. The average Bonchev–Trinajstić information content (AvgIpc) is 2.66. The standard InChI is InChI=1S/C17H29F2N3O3/c1-2-22(11-15(23)24)14-7-13(8-14)21-16(25)20-10-12-5-3-4-6-17(18,19)9-12/h12-14H,2-11H2,1H3,(H,23,24)(H2,20,21,25). The third kappa shape index (κ3) is 6.41. The molecule has 0 radical (unpaired) electrons. The molecule has 0 spiro atoms. The normalized spacial score (nSPS) is 28.7. The van der Waals surface area contributed by atoms with Gasteiger partial charge in [-0.15, -0.1) is 0 Å². The molecule has 0 aromatic rings. The maximum absolute atomic E-state index is 13.6. The summed E-state index contributed by atoms with van der Waals surface area (Å²) in [4.78, 5) is 24.6. The first-order chi connectivity index (χ1) is 11.8. The molecule has 6 nitrogen and oxygen atoms in total. The Kier molecular flexibility index (Phi) is 6.98. The second-order valence-electron chi connectivity index (χ2n) is 7.31. The van der Waals surface area contributed by atoms with Crippen molar-refractivity contribution in [1.29, 1.82) is 0 Å². The van der Waals surface area contributed by atoms with Crippen molar-refractivity contribution >= 4 is 12.0 Å². The molecule has 2 aliphatic rings. The lowest BCUT2D eigenvalue weighted by Gasteiger charge is -2.42. The van der Waals surface area contributed by atoms with Crippen LogP contribution in [-0.2, 0) is 4.79 Å². The Bertz CT molecular complexity index is 470. The molecule has 25 heavy (non-hydrogen) atoms. The SMILES string of the molecule is CCN(CC(=O)O)C1CC(NC(=O)NCC2CCCCC(F)(F)C2)C1. The van der Waals surface area contributed by atoms with Gasteiger partial charge in [-0.2, -0.15) is 0 Å². The number of aliphatic carboxylic acids is 1. The van der Waals surface area contributed by atoms with E-state index in [4.69, 9.17) is 5.11 Å². The summed E-state index contributed by atoms with van der Waals surface area (Å²) in [5, 5.41) is 14.4. The van der Waals surface area contributed by atoms with Gasteiger partial charge in [-0.3, -0.25) is 9.69 Å². The van der Waals surface area contributed by atoms with Crippen molar-refractivity contribution < 1.29 is 23.5 Å². The quantitative estimate of drug-likeness (QED) is 0.609. The molecule has 1 unspecified atom stereocenters. The van der Waals surface area contributed by atoms with Gasteiger partial charge in [0.2, 0.25) is 5.92 Å².